The largest absolute Gasteiger partial charge is 0.456 e. The van der Waals surface area contributed by atoms with E-state index < -0.39 is 5.47 Å². The fourth-order valence-electron chi connectivity index (χ4n) is 1.49. The summed E-state index contributed by atoms with van der Waals surface area (Å²) in [6, 6.07) is 8.31. The Labute approximate surface area is 115 Å². The monoisotopic (exact) mass is 302 g/mol. The Hall–Kier alpha value is -0.0200. The van der Waals surface area contributed by atoms with Crippen LogP contribution in [0.25, 0.3) is 10.1 Å². The van der Waals surface area contributed by atoms with Gasteiger partial charge >= 0.3 is 0 Å². The highest BCUT2D eigenvalue weighted by Crippen LogP contribution is 2.57. The molecule has 1 heterocycles. The number of hydrogen-bond acceptors (Lipinski definition) is 4. The topological polar surface area (TPSA) is 9.23 Å². The lowest BCUT2D eigenvalue weighted by atomic mass is 10.2. The number of fused-ring (bicyclic) bond motifs is 1. The quantitative estimate of drug-likeness (QED) is 0.688. The molecule has 17 heavy (non-hydrogen) atoms. The molecular formula is C12H15OPS3. The summed E-state index contributed by atoms with van der Waals surface area (Å²) in [5.74, 6) is 2.04. The molecule has 0 N–H and O–H groups in total. The fraction of sp³-hybridized carbons (Fsp3) is 0.333. The first-order valence-electron chi connectivity index (χ1n) is 5.50. The number of hydrogen-bond donors (Lipinski definition) is 0. The summed E-state index contributed by atoms with van der Waals surface area (Å²) in [6.07, 6.45) is 1.14. The van der Waals surface area contributed by atoms with Crippen LogP contribution in [0.3, 0.4) is 0 Å². The van der Waals surface area contributed by atoms with Crippen LogP contribution in [0.2, 0.25) is 0 Å². The standard InChI is InChI=1S/C12H15OPS3/c1-3-8-17-14(2,15)13-11-9-16-12-7-5-4-6-10(11)12/h4-7,9H,3,8H2,1-2H3. The van der Waals surface area contributed by atoms with Gasteiger partial charge in [0.25, 0.3) is 0 Å². The Morgan fingerprint density at radius 3 is 2.94 bits per heavy atom. The van der Waals surface area contributed by atoms with E-state index in [2.05, 4.69) is 37.2 Å². The second-order valence-electron chi connectivity index (χ2n) is 3.79. The lowest BCUT2D eigenvalue weighted by molar-refractivity contribution is 0.640. The van der Waals surface area contributed by atoms with Gasteiger partial charge in [0.2, 0.25) is 0 Å². The van der Waals surface area contributed by atoms with Crippen molar-refractivity contribution in [2.45, 2.75) is 13.3 Å². The predicted molar refractivity (Wildman–Crippen MR) is 85.4 cm³/mol. The molecule has 0 fully saturated rings. The van der Waals surface area contributed by atoms with Crippen LogP contribution in [0.15, 0.2) is 29.6 Å². The predicted octanol–water partition coefficient (Wildman–Crippen LogP) is 5.36. The first-order chi connectivity index (χ1) is 8.12. The van der Waals surface area contributed by atoms with E-state index >= 15 is 0 Å². The third kappa shape index (κ3) is 3.47. The molecule has 1 nitrogen and oxygen atoms in total. The maximum absolute atomic E-state index is 6.06. The van der Waals surface area contributed by atoms with Crippen molar-refractivity contribution in [1.29, 1.82) is 0 Å². The van der Waals surface area contributed by atoms with E-state index in [1.54, 1.807) is 22.7 Å². The SMILES string of the molecule is CCCSP(C)(=S)Oc1csc2ccccc12. The summed E-state index contributed by atoms with van der Waals surface area (Å²) >= 11 is 9.09. The van der Waals surface area contributed by atoms with Gasteiger partial charge in [-0.25, -0.2) is 0 Å². The highest BCUT2D eigenvalue weighted by molar-refractivity contribution is 8.69. The Morgan fingerprint density at radius 2 is 2.18 bits per heavy atom. The van der Waals surface area contributed by atoms with Crippen LogP contribution in [-0.4, -0.2) is 12.4 Å². The molecular weight excluding hydrogens is 287 g/mol. The van der Waals surface area contributed by atoms with Crippen LogP contribution < -0.4 is 4.52 Å². The molecule has 5 heteroatoms. The Morgan fingerprint density at radius 1 is 1.41 bits per heavy atom. The molecule has 0 aliphatic carbocycles. The molecule has 0 spiro atoms. The first-order valence-corrected chi connectivity index (χ1v) is 11.1. The van der Waals surface area contributed by atoms with E-state index in [0.717, 1.165) is 17.9 Å². The minimum absolute atomic E-state index is 0.958. The summed E-state index contributed by atoms with van der Waals surface area (Å²) in [7, 11) is 0. The zero-order valence-electron chi connectivity index (χ0n) is 9.88. The molecule has 0 bridgehead atoms. The Balaban J connectivity index is 2.21. The van der Waals surface area contributed by atoms with Gasteiger partial charge in [-0.05, 0) is 30.4 Å². The van der Waals surface area contributed by atoms with E-state index in [-0.39, 0.29) is 0 Å². The van der Waals surface area contributed by atoms with Crippen LogP contribution >= 0.6 is 28.2 Å². The summed E-state index contributed by atoms with van der Waals surface area (Å²) in [5.41, 5.74) is -1.75. The molecule has 1 atom stereocenters. The van der Waals surface area contributed by atoms with Gasteiger partial charge in [-0.15, -0.1) is 11.3 Å². The Kier molecular flexibility index (Phi) is 4.53. The normalized spacial score (nSPS) is 14.7. The number of benzene rings is 1. The van der Waals surface area contributed by atoms with Crippen LogP contribution in [-0.2, 0) is 11.8 Å². The van der Waals surface area contributed by atoms with Gasteiger partial charge in [0.15, 0.2) is 5.47 Å². The molecule has 0 radical (unpaired) electrons. The molecule has 0 aliphatic rings. The minimum atomic E-state index is -1.75. The summed E-state index contributed by atoms with van der Waals surface area (Å²) < 4.78 is 7.32. The van der Waals surface area contributed by atoms with Crippen molar-refractivity contribution in [3.8, 4) is 5.75 Å². The van der Waals surface area contributed by atoms with Crippen LogP contribution in [0.4, 0.5) is 0 Å². The van der Waals surface area contributed by atoms with E-state index in [9.17, 15) is 0 Å². The van der Waals surface area contributed by atoms with Gasteiger partial charge < -0.3 is 4.52 Å². The third-order valence-electron chi connectivity index (χ3n) is 2.24. The molecule has 1 aromatic carbocycles. The smallest absolute Gasteiger partial charge is 0.164 e. The van der Waals surface area contributed by atoms with Crippen molar-refractivity contribution in [3.05, 3.63) is 29.6 Å². The van der Waals surface area contributed by atoms with Gasteiger partial charge in [-0.2, -0.15) is 0 Å². The van der Waals surface area contributed by atoms with Crippen molar-refractivity contribution in [3.63, 3.8) is 0 Å². The molecule has 0 amide bonds. The molecule has 1 aromatic heterocycles. The molecule has 2 rings (SSSR count). The number of thiophene rings is 1. The highest BCUT2D eigenvalue weighted by Gasteiger charge is 2.15. The zero-order chi connectivity index (χ0) is 12.3. The zero-order valence-corrected chi connectivity index (χ0v) is 13.2. The molecule has 0 saturated carbocycles. The van der Waals surface area contributed by atoms with Gasteiger partial charge in [0.1, 0.15) is 5.75 Å². The lowest BCUT2D eigenvalue weighted by Gasteiger charge is -2.17. The fourth-order valence-corrected chi connectivity index (χ4v) is 6.35. The molecule has 0 aliphatic heterocycles. The van der Waals surface area contributed by atoms with Crippen molar-refractivity contribution in [2.75, 3.05) is 12.4 Å². The highest BCUT2D eigenvalue weighted by atomic mass is 32.9. The maximum atomic E-state index is 6.06. The lowest BCUT2D eigenvalue weighted by Crippen LogP contribution is -1.87. The van der Waals surface area contributed by atoms with Crippen molar-refractivity contribution < 1.29 is 4.52 Å². The summed E-state index contributed by atoms with van der Waals surface area (Å²) in [4.78, 5) is 0. The van der Waals surface area contributed by atoms with E-state index in [4.69, 9.17) is 16.3 Å². The van der Waals surface area contributed by atoms with E-state index in [0.29, 0.717) is 0 Å². The second kappa shape index (κ2) is 5.75. The van der Waals surface area contributed by atoms with Crippen molar-refractivity contribution in [2.24, 2.45) is 0 Å². The van der Waals surface area contributed by atoms with Crippen molar-refractivity contribution in [1.82, 2.24) is 0 Å². The Bertz CT molecular complexity index is 549. The molecule has 92 valence electrons. The average Bonchev–Trinajstić information content (AvgIpc) is 2.70. The van der Waals surface area contributed by atoms with Crippen LogP contribution in [0.5, 0.6) is 5.75 Å². The second-order valence-corrected chi connectivity index (χ2v) is 12.7. The first kappa shape index (κ1) is 13.4. The molecule has 2 aromatic rings. The van der Waals surface area contributed by atoms with Gasteiger partial charge in [0.05, 0.1) is 0 Å². The van der Waals surface area contributed by atoms with Crippen LogP contribution in [0, 0.1) is 0 Å². The van der Waals surface area contributed by atoms with Crippen molar-refractivity contribution >= 4 is 50.1 Å². The number of rotatable bonds is 5. The summed E-state index contributed by atoms with van der Waals surface area (Å²) in [5, 5.41) is 3.26. The van der Waals surface area contributed by atoms with Gasteiger partial charge in [-0.1, -0.05) is 30.4 Å². The molecule has 0 saturated heterocycles. The average molecular weight is 302 g/mol. The van der Waals surface area contributed by atoms with Gasteiger partial charge in [-0.3, -0.25) is 0 Å². The van der Waals surface area contributed by atoms with E-state index in [1.807, 2.05) is 6.07 Å². The minimum Gasteiger partial charge on any atom is -0.456 e. The maximum Gasteiger partial charge on any atom is 0.164 e. The summed E-state index contributed by atoms with van der Waals surface area (Å²) in [6.45, 7) is 4.23. The van der Waals surface area contributed by atoms with Gasteiger partial charge in [0, 0.05) is 27.9 Å². The third-order valence-corrected chi connectivity index (χ3v) is 8.12. The molecule has 1 unspecified atom stereocenters. The van der Waals surface area contributed by atoms with Crippen LogP contribution in [0.1, 0.15) is 13.3 Å². The van der Waals surface area contributed by atoms with E-state index in [1.165, 1.54) is 10.1 Å².